The monoisotopic (exact) mass is 388 g/mol. The molecular formula is C14H17BrN2O2S2. The third-order valence-electron chi connectivity index (χ3n) is 3.38. The molecule has 1 aromatic carbocycles. The summed E-state index contributed by atoms with van der Waals surface area (Å²) in [6, 6.07) is 5.25. The Bertz CT molecular complexity index is 769. The van der Waals surface area contributed by atoms with Gasteiger partial charge in [0, 0.05) is 15.0 Å². The Balaban J connectivity index is 2.40. The molecule has 4 nitrogen and oxygen atoms in total. The lowest BCUT2D eigenvalue weighted by molar-refractivity contribution is 0.597. The number of sulfonamides is 1. The minimum absolute atomic E-state index is 0.0632. The highest BCUT2D eigenvalue weighted by Gasteiger charge is 2.16. The fourth-order valence-electron chi connectivity index (χ4n) is 2.05. The van der Waals surface area contributed by atoms with Gasteiger partial charge in [0.2, 0.25) is 10.0 Å². The van der Waals surface area contributed by atoms with Crippen LogP contribution in [0.4, 0.5) is 5.69 Å². The molecule has 7 heteroatoms. The van der Waals surface area contributed by atoms with Crippen molar-refractivity contribution in [3.63, 3.8) is 0 Å². The van der Waals surface area contributed by atoms with Crippen molar-refractivity contribution in [2.24, 2.45) is 5.14 Å². The van der Waals surface area contributed by atoms with Gasteiger partial charge < -0.3 is 5.32 Å². The van der Waals surface area contributed by atoms with E-state index < -0.39 is 10.0 Å². The molecule has 0 saturated heterocycles. The van der Waals surface area contributed by atoms with Gasteiger partial charge in [0.15, 0.2) is 0 Å². The van der Waals surface area contributed by atoms with Crippen LogP contribution in [0.3, 0.4) is 0 Å². The van der Waals surface area contributed by atoms with Gasteiger partial charge in [-0.1, -0.05) is 0 Å². The fraction of sp³-hybridized carbons (Fsp3) is 0.286. The second kappa shape index (κ2) is 6.08. The van der Waals surface area contributed by atoms with E-state index in [2.05, 4.69) is 21.2 Å². The zero-order valence-electron chi connectivity index (χ0n) is 12.0. The summed E-state index contributed by atoms with van der Waals surface area (Å²) in [6.07, 6.45) is 0. The number of anilines is 1. The van der Waals surface area contributed by atoms with Crippen LogP contribution in [0.5, 0.6) is 0 Å². The Morgan fingerprint density at radius 1 is 1.33 bits per heavy atom. The van der Waals surface area contributed by atoms with Gasteiger partial charge in [0.25, 0.3) is 0 Å². The quantitative estimate of drug-likeness (QED) is 0.832. The van der Waals surface area contributed by atoms with Crippen molar-refractivity contribution in [2.75, 3.05) is 5.32 Å². The maximum absolute atomic E-state index is 11.6. The van der Waals surface area contributed by atoms with E-state index in [-0.39, 0.29) is 10.9 Å². The average Bonchev–Trinajstić information content (AvgIpc) is 2.79. The van der Waals surface area contributed by atoms with Gasteiger partial charge in [0.1, 0.15) is 0 Å². The number of aryl methyl sites for hydroxylation is 1. The van der Waals surface area contributed by atoms with Gasteiger partial charge in [-0.15, -0.1) is 11.3 Å². The van der Waals surface area contributed by atoms with E-state index >= 15 is 0 Å². The third kappa shape index (κ3) is 3.66. The van der Waals surface area contributed by atoms with Crippen LogP contribution in [0.25, 0.3) is 0 Å². The van der Waals surface area contributed by atoms with Gasteiger partial charge in [-0.05, 0) is 71.4 Å². The van der Waals surface area contributed by atoms with E-state index in [1.807, 2.05) is 32.2 Å². The Morgan fingerprint density at radius 3 is 2.52 bits per heavy atom. The molecule has 3 N–H and O–H groups in total. The highest BCUT2D eigenvalue weighted by atomic mass is 79.9. The number of halogens is 1. The number of nitrogens with two attached hydrogens (primary N) is 1. The minimum Gasteiger partial charge on any atom is -0.377 e. The Hall–Kier alpha value is -0.890. The van der Waals surface area contributed by atoms with E-state index in [1.54, 1.807) is 23.5 Å². The summed E-state index contributed by atoms with van der Waals surface area (Å²) in [5, 5.41) is 10.6. The molecule has 1 heterocycles. The fourth-order valence-corrected chi connectivity index (χ4v) is 4.40. The van der Waals surface area contributed by atoms with Gasteiger partial charge in [-0.2, -0.15) is 0 Å². The average molecular weight is 389 g/mol. The normalized spacial score (nSPS) is 13.2. The van der Waals surface area contributed by atoms with Crippen LogP contribution >= 0.6 is 27.3 Å². The Morgan fingerprint density at radius 2 is 2.00 bits per heavy atom. The summed E-state index contributed by atoms with van der Waals surface area (Å²) < 4.78 is 24.2. The third-order valence-corrected chi connectivity index (χ3v) is 6.33. The van der Waals surface area contributed by atoms with Gasteiger partial charge in [0.05, 0.1) is 10.9 Å². The molecule has 0 aliphatic rings. The molecule has 1 unspecified atom stereocenters. The van der Waals surface area contributed by atoms with E-state index in [0.29, 0.717) is 0 Å². The molecule has 0 saturated carbocycles. The summed E-state index contributed by atoms with van der Waals surface area (Å²) in [4.78, 5) is 1.29. The smallest absolute Gasteiger partial charge is 0.238 e. The first-order valence-corrected chi connectivity index (χ1v) is 9.55. The molecule has 1 aromatic heterocycles. The summed E-state index contributed by atoms with van der Waals surface area (Å²) in [7, 11) is -3.71. The van der Waals surface area contributed by atoms with Crippen LogP contribution in [-0.2, 0) is 10.0 Å². The summed E-state index contributed by atoms with van der Waals surface area (Å²) in [6.45, 7) is 5.87. The van der Waals surface area contributed by atoms with Crippen molar-refractivity contribution in [3.05, 3.63) is 44.1 Å². The van der Waals surface area contributed by atoms with Gasteiger partial charge in [-0.3, -0.25) is 0 Å². The molecule has 0 aliphatic carbocycles. The summed E-state index contributed by atoms with van der Waals surface area (Å²) in [5.41, 5.74) is 2.69. The molecular weight excluding hydrogens is 372 g/mol. The molecule has 0 spiro atoms. The lowest BCUT2D eigenvalue weighted by atomic mass is 10.1. The maximum Gasteiger partial charge on any atom is 0.238 e. The highest BCUT2D eigenvalue weighted by Crippen LogP contribution is 2.33. The number of primary sulfonamides is 1. The van der Waals surface area contributed by atoms with Gasteiger partial charge >= 0.3 is 0 Å². The topological polar surface area (TPSA) is 72.2 Å². The Labute approximate surface area is 137 Å². The number of hydrogen-bond donors (Lipinski definition) is 2. The Kier molecular flexibility index (Phi) is 4.77. The molecule has 2 aromatic rings. The minimum atomic E-state index is -3.71. The largest absolute Gasteiger partial charge is 0.377 e. The molecule has 2 rings (SSSR count). The number of rotatable bonds is 4. The number of nitrogens with one attached hydrogen (secondary N) is 1. The van der Waals surface area contributed by atoms with Crippen LogP contribution in [0.15, 0.2) is 32.9 Å². The van der Waals surface area contributed by atoms with E-state index in [1.165, 1.54) is 0 Å². The predicted octanol–water partition coefficient (Wildman–Crippen LogP) is 3.95. The first-order valence-electron chi connectivity index (χ1n) is 6.33. The number of hydrogen-bond acceptors (Lipinski definition) is 4. The first kappa shape index (κ1) is 16.5. The van der Waals surface area contributed by atoms with Crippen LogP contribution in [0, 0.1) is 13.8 Å². The predicted molar refractivity (Wildman–Crippen MR) is 91.3 cm³/mol. The van der Waals surface area contributed by atoms with Gasteiger partial charge in [-0.25, -0.2) is 13.6 Å². The molecule has 1 atom stereocenters. The zero-order valence-corrected chi connectivity index (χ0v) is 15.2. The van der Waals surface area contributed by atoms with E-state index in [9.17, 15) is 8.42 Å². The van der Waals surface area contributed by atoms with E-state index in [0.717, 1.165) is 26.2 Å². The van der Waals surface area contributed by atoms with Crippen LogP contribution in [0.1, 0.15) is 29.0 Å². The van der Waals surface area contributed by atoms with E-state index in [4.69, 9.17) is 5.14 Å². The zero-order chi connectivity index (χ0) is 15.8. The van der Waals surface area contributed by atoms with Crippen molar-refractivity contribution >= 4 is 43.0 Å². The maximum atomic E-state index is 11.6. The first-order chi connectivity index (χ1) is 9.70. The molecule has 114 valence electrons. The summed E-state index contributed by atoms with van der Waals surface area (Å²) in [5.74, 6) is 0. The lowest BCUT2D eigenvalue weighted by Gasteiger charge is -2.18. The molecule has 0 bridgehead atoms. The summed E-state index contributed by atoms with van der Waals surface area (Å²) >= 11 is 5.16. The van der Waals surface area contributed by atoms with Crippen LogP contribution in [0.2, 0.25) is 0 Å². The number of benzene rings is 1. The van der Waals surface area contributed by atoms with Crippen molar-refractivity contribution in [1.82, 2.24) is 0 Å². The van der Waals surface area contributed by atoms with Crippen molar-refractivity contribution in [3.8, 4) is 0 Å². The van der Waals surface area contributed by atoms with Crippen molar-refractivity contribution in [1.29, 1.82) is 0 Å². The number of thiophene rings is 1. The highest BCUT2D eigenvalue weighted by molar-refractivity contribution is 9.10. The molecule has 21 heavy (non-hydrogen) atoms. The van der Waals surface area contributed by atoms with Crippen LogP contribution in [-0.4, -0.2) is 8.42 Å². The standard InChI is InChI=1S/C14H17BrN2O2S2/c1-8-6-11(21(16,18)19)7-13(9(8)2)17-10(3)14-12(15)4-5-20-14/h4-7,10,17H,1-3H3,(H2,16,18,19). The second-order valence-corrected chi connectivity index (χ2v) is 8.32. The molecule has 0 aliphatic heterocycles. The van der Waals surface area contributed by atoms with Crippen molar-refractivity contribution < 1.29 is 8.42 Å². The second-order valence-electron chi connectivity index (χ2n) is 4.96. The molecule has 0 radical (unpaired) electrons. The SMILES string of the molecule is Cc1cc(S(N)(=O)=O)cc(NC(C)c2sccc2Br)c1C. The lowest BCUT2D eigenvalue weighted by Crippen LogP contribution is -2.14. The van der Waals surface area contributed by atoms with Crippen LogP contribution < -0.4 is 10.5 Å². The molecule has 0 fully saturated rings. The van der Waals surface area contributed by atoms with Crippen molar-refractivity contribution in [2.45, 2.75) is 31.7 Å². The molecule has 0 amide bonds.